The minimum Gasteiger partial charge on any atom is -0.351 e. The molecule has 1 aliphatic rings. The molecule has 4 heterocycles. The Bertz CT molecular complexity index is 716. The molecule has 3 aromatic rings. The number of rotatable bonds is 3. The van der Waals surface area contributed by atoms with Crippen molar-refractivity contribution in [1.29, 1.82) is 0 Å². The van der Waals surface area contributed by atoms with Crippen LogP contribution in [-0.4, -0.2) is 51.0 Å². The Morgan fingerprint density at radius 2 is 2.25 bits per heavy atom. The van der Waals surface area contributed by atoms with E-state index in [1.54, 1.807) is 22.2 Å². The summed E-state index contributed by atoms with van der Waals surface area (Å²) >= 11 is 1.67. The van der Waals surface area contributed by atoms with Gasteiger partial charge in [0.1, 0.15) is 12.1 Å². The minimum atomic E-state index is 0.486. The Kier molecular flexibility index (Phi) is 2.56. The van der Waals surface area contributed by atoms with Crippen LogP contribution in [0.1, 0.15) is 0 Å². The summed E-state index contributed by atoms with van der Waals surface area (Å²) in [7, 11) is 2.09. The van der Waals surface area contributed by atoms with Gasteiger partial charge in [0, 0.05) is 31.7 Å². The maximum atomic E-state index is 4.50. The quantitative estimate of drug-likeness (QED) is 0.713. The lowest BCUT2D eigenvalue weighted by Gasteiger charge is -2.44. The van der Waals surface area contributed by atoms with Gasteiger partial charge in [-0.05, 0) is 12.1 Å². The molecule has 4 rings (SSSR count). The summed E-state index contributed by atoms with van der Waals surface area (Å²) < 4.78 is 1.70. The summed E-state index contributed by atoms with van der Waals surface area (Å²) in [6.07, 6.45) is 3.46. The summed E-state index contributed by atoms with van der Waals surface area (Å²) in [5.41, 5.74) is 0.769. The molecule has 8 heteroatoms. The summed E-state index contributed by atoms with van der Waals surface area (Å²) in [6, 6.07) is 4.41. The highest BCUT2D eigenvalue weighted by Gasteiger charge is 2.32. The van der Waals surface area contributed by atoms with Crippen molar-refractivity contribution in [2.45, 2.75) is 6.04 Å². The first-order valence-corrected chi connectivity index (χ1v) is 7.23. The first-order valence-electron chi connectivity index (χ1n) is 6.35. The molecule has 0 bridgehead atoms. The molecule has 0 aromatic carbocycles. The summed E-state index contributed by atoms with van der Waals surface area (Å²) in [5, 5.41) is 15.4. The minimum absolute atomic E-state index is 0.486. The monoisotopic (exact) mass is 287 g/mol. The van der Waals surface area contributed by atoms with Gasteiger partial charge in [0.05, 0.1) is 6.04 Å². The van der Waals surface area contributed by atoms with E-state index in [4.69, 9.17) is 0 Å². The van der Waals surface area contributed by atoms with Crippen molar-refractivity contribution in [3.63, 3.8) is 0 Å². The predicted octanol–water partition coefficient (Wildman–Crippen LogP) is 0.906. The molecule has 0 spiro atoms. The third-order valence-corrected chi connectivity index (χ3v) is 4.46. The first-order chi connectivity index (χ1) is 9.81. The number of thiazole rings is 1. The Labute approximate surface area is 119 Å². The molecule has 0 N–H and O–H groups in total. The second-order valence-electron chi connectivity index (χ2n) is 4.81. The van der Waals surface area contributed by atoms with Crippen molar-refractivity contribution < 1.29 is 0 Å². The number of likely N-dealkylation sites (N-methyl/N-ethyl adjacent to an activating group) is 1. The molecule has 1 fully saturated rings. The smallest absolute Gasteiger partial charge is 0.185 e. The zero-order valence-electron chi connectivity index (χ0n) is 10.9. The Hall–Kier alpha value is -2.22. The standard InChI is InChI=1S/C12H13N7S/c1-17(12-13-4-5-20-12)9-6-18(7-9)11-3-2-10-15-14-8-19(10)16-11/h2-5,8-9H,6-7H2,1H3. The van der Waals surface area contributed by atoms with Gasteiger partial charge in [-0.1, -0.05) is 0 Å². The van der Waals surface area contributed by atoms with E-state index in [9.17, 15) is 0 Å². The topological polar surface area (TPSA) is 62.5 Å². The molecule has 7 nitrogen and oxygen atoms in total. The van der Waals surface area contributed by atoms with Crippen molar-refractivity contribution in [3.8, 4) is 0 Å². The van der Waals surface area contributed by atoms with Crippen LogP contribution >= 0.6 is 11.3 Å². The zero-order valence-corrected chi connectivity index (χ0v) is 11.7. The number of hydrogen-bond donors (Lipinski definition) is 0. The Balaban J connectivity index is 1.47. The van der Waals surface area contributed by atoms with Gasteiger partial charge in [0.2, 0.25) is 0 Å². The van der Waals surface area contributed by atoms with Gasteiger partial charge < -0.3 is 9.80 Å². The van der Waals surface area contributed by atoms with Gasteiger partial charge in [0.25, 0.3) is 0 Å². The van der Waals surface area contributed by atoms with Crippen LogP contribution in [-0.2, 0) is 0 Å². The number of anilines is 2. The normalized spacial score (nSPS) is 15.6. The van der Waals surface area contributed by atoms with Gasteiger partial charge in [-0.25, -0.2) is 4.98 Å². The molecule has 102 valence electrons. The summed E-state index contributed by atoms with van der Waals surface area (Å²) in [5.74, 6) is 0.959. The van der Waals surface area contributed by atoms with Crippen LogP contribution in [0.3, 0.4) is 0 Å². The summed E-state index contributed by atoms with van der Waals surface area (Å²) in [4.78, 5) is 8.82. The van der Waals surface area contributed by atoms with Crippen LogP contribution in [0, 0.1) is 0 Å². The molecule has 0 unspecified atom stereocenters. The number of aromatic nitrogens is 5. The van der Waals surface area contributed by atoms with Crippen LogP contribution in [0.25, 0.3) is 5.65 Å². The first kappa shape index (κ1) is 11.6. The van der Waals surface area contributed by atoms with E-state index in [0.717, 1.165) is 29.7 Å². The van der Waals surface area contributed by atoms with E-state index in [0.29, 0.717) is 6.04 Å². The van der Waals surface area contributed by atoms with E-state index in [2.05, 4.69) is 37.1 Å². The highest BCUT2D eigenvalue weighted by molar-refractivity contribution is 7.13. The maximum Gasteiger partial charge on any atom is 0.185 e. The average Bonchev–Trinajstić information content (AvgIpc) is 3.07. The second-order valence-corrected chi connectivity index (χ2v) is 5.68. The fourth-order valence-electron chi connectivity index (χ4n) is 2.32. The van der Waals surface area contributed by atoms with Crippen molar-refractivity contribution >= 4 is 27.9 Å². The van der Waals surface area contributed by atoms with Gasteiger partial charge in [-0.2, -0.15) is 4.52 Å². The van der Waals surface area contributed by atoms with Gasteiger partial charge >= 0.3 is 0 Å². The lowest BCUT2D eigenvalue weighted by Crippen LogP contribution is -2.59. The van der Waals surface area contributed by atoms with Crippen LogP contribution in [0.2, 0.25) is 0 Å². The Morgan fingerprint density at radius 3 is 3.05 bits per heavy atom. The average molecular weight is 287 g/mol. The molecule has 0 amide bonds. The van der Waals surface area contributed by atoms with Crippen LogP contribution < -0.4 is 9.80 Å². The van der Waals surface area contributed by atoms with Crippen LogP contribution in [0.15, 0.2) is 30.0 Å². The number of fused-ring (bicyclic) bond motifs is 1. The van der Waals surface area contributed by atoms with Crippen molar-refractivity contribution in [2.24, 2.45) is 0 Å². The highest BCUT2D eigenvalue weighted by atomic mass is 32.1. The SMILES string of the molecule is CN(c1nccs1)C1CN(c2ccc3nncn3n2)C1. The molecule has 20 heavy (non-hydrogen) atoms. The number of hydrogen-bond acceptors (Lipinski definition) is 7. The number of nitrogens with zero attached hydrogens (tertiary/aromatic N) is 7. The fourth-order valence-corrected chi connectivity index (χ4v) is 3.00. The van der Waals surface area contributed by atoms with Crippen molar-refractivity contribution in [3.05, 3.63) is 30.0 Å². The largest absolute Gasteiger partial charge is 0.351 e. The van der Waals surface area contributed by atoms with Gasteiger partial charge in [0.15, 0.2) is 10.8 Å². The Morgan fingerprint density at radius 1 is 1.35 bits per heavy atom. The van der Waals surface area contributed by atoms with Gasteiger partial charge in [-0.3, -0.25) is 0 Å². The molecule has 0 atom stereocenters. The maximum absolute atomic E-state index is 4.50. The van der Waals surface area contributed by atoms with Crippen molar-refractivity contribution in [1.82, 2.24) is 24.8 Å². The molecule has 1 aliphatic heterocycles. The van der Waals surface area contributed by atoms with E-state index in [1.165, 1.54) is 0 Å². The molecular formula is C12H13N7S. The molecule has 0 saturated carbocycles. The lowest BCUT2D eigenvalue weighted by molar-refractivity contribution is 0.489. The zero-order chi connectivity index (χ0) is 13.5. The van der Waals surface area contributed by atoms with E-state index < -0.39 is 0 Å². The van der Waals surface area contributed by atoms with E-state index >= 15 is 0 Å². The predicted molar refractivity (Wildman–Crippen MR) is 77.3 cm³/mol. The van der Waals surface area contributed by atoms with Crippen LogP contribution in [0.4, 0.5) is 10.9 Å². The molecule has 0 aliphatic carbocycles. The molecule has 1 saturated heterocycles. The third kappa shape index (κ3) is 1.80. The van der Waals surface area contributed by atoms with Gasteiger partial charge in [-0.15, -0.1) is 26.6 Å². The lowest BCUT2D eigenvalue weighted by atomic mass is 10.1. The molecule has 3 aromatic heterocycles. The molecular weight excluding hydrogens is 274 g/mol. The highest BCUT2D eigenvalue weighted by Crippen LogP contribution is 2.26. The van der Waals surface area contributed by atoms with Crippen LogP contribution in [0.5, 0.6) is 0 Å². The van der Waals surface area contributed by atoms with Crippen molar-refractivity contribution in [2.75, 3.05) is 29.9 Å². The van der Waals surface area contributed by atoms with E-state index in [-0.39, 0.29) is 0 Å². The van der Waals surface area contributed by atoms with E-state index in [1.807, 2.05) is 23.7 Å². The molecule has 0 radical (unpaired) electrons. The summed E-state index contributed by atoms with van der Waals surface area (Å²) in [6.45, 7) is 1.91. The third-order valence-electron chi connectivity index (χ3n) is 3.60. The second kappa shape index (κ2) is 4.41. The fraction of sp³-hybridized carbons (Fsp3) is 0.333.